The van der Waals surface area contributed by atoms with Crippen molar-refractivity contribution in [2.24, 2.45) is 5.92 Å². The molecule has 1 saturated carbocycles. The van der Waals surface area contributed by atoms with Crippen LogP contribution in [0.25, 0.3) is 0 Å². The molecule has 2 aliphatic rings. The van der Waals surface area contributed by atoms with Gasteiger partial charge in [0.1, 0.15) is 5.54 Å². The molecule has 2 rings (SSSR count). The predicted octanol–water partition coefficient (Wildman–Crippen LogP) is 2.49. The number of likely N-dealkylation sites (tertiary alicyclic amines) is 1. The Bertz CT molecular complexity index is 314. The lowest BCUT2D eigenvalue weighted by Crippen LogP contribution is -2.53. The van der Waals surface area contributed by atoms with Crippen molar-refractivity contribution in [3.05, 3.63) is 0 Å². The van der Waals surface area contributed by atoms with Crippen LogP contribution < -0.4 is 5.32 Å². The highest BCUT2D eigenvalue weighted by Crippen LogP contribution is 2.38. The Hall–Kier alpha value is -0.610. The molecule has 4 nitrogen and oxygen atoms in total. The molecular formula is C16H30N2O2. The third-order valence-corrected chi connectivity index (χ3v) is 5.39. The van der Waals surface area contributed by atoms with E-state index in [1.807, 2.05) is 7.05 Å². The van der Waals surface area contributed by atoms with E-state index in [1.54, 1.807) is 0 Å². The number of carboxylic acid groups (broad SMARTS) is 1. The van der Waals surface area contributed by atoms with Gasteiger partial charge >= 0.3 is 5.97 Å². The first-order valence-corrected chi connectivity index (χ1v) is 8.34. The average molecular weight is 282 g/mol. The first-order valence-electron chi connectivity index (χ1n) is 8.34. The van der Waals surface area contributed by atoms with Crippen molar-refractivity contribution in [2.75, 3.05) is 26.7 Å². The maximum Gasteiger partial charge on any atom is 0.324 e. The Morgan fingerprint density at radius 2 is 1.85 bits per heavy atom. The minimum absolute atomic E-state index is 0.287. The van der Waals surface area contributed by atoms with E-state index in [-0.39, 0.29) is 5.92 Å². The molecule has 2 N–H and O–H groups in total. The molecule has 0 aromatic rings. The molecule has 116 valence electrons. The van der Waals surface area contributed by atoms with Crippen molar-refractivity contribution in [3.8, 4) is 0 Å². The Kier molecular flexibility index (Phi) is 5.85. The van der Waals surface area contributed by atoms with Crippen LogP contribution in [0.15, 0.2) is 0 Å². The van der Waals surface area contributed by atoms with Gasteiger partial charge in [-0.15, -0.1) is 0 Å². The lowest BCUT2D eigenvalue weighted by molar-refractivity contribution is -0.146. The summed E-state index contributed by atoms with van der Waals surface area (Å²) in [6.45, 7) is 3.47. The number of carboxylic acids is 1. The molecule has 2 atom stereocenters. The molecule has 1 aliphatic heterocycles. The third-order valence-electron chi connectivity index (χ3n) is 5.39. The maximum atomic E-state index is 11.6. The van der Waals surface area contributed by atoms with E-state index in [2.05, 4.69) is 10.2 Å². The predicted molar refractivity (Wildman–Crippen MR) is 80.9 cm³/mol. The highest BCUT2D eigenvalue weighted by atomic mass is 16.4. The highest BCUT2D eigenvalue weighted by Gasteiger charge is 2.47. The van der Waals surface area contributed by atoms with Crippen LogP contribution in [0.5, 0.6) is 0 Å². The van der Waals surface area contributed by atoms with Gasteiger partial charge in [0.2, 0.25) is 0 Å². The van der Waals surface area contributed by atoms with Gasteiger partial charge in [0.05, 0.1) is 0 Å². The second-order valence-electron chi connectivity index (χ2n) is 6.51. The first kappa shape index (κ1) is 15.8. The molecule has 0 radical (unpaired) electrons. The van der Waals surface area contributed by atoms with Crippen molar-refractivity contribution in [1.82, 2.24) is 10.2 Å². The molecule has 0 aromatic heterocycles. The quantitative estimate of drug-likeness (QED) is 0.813. The Morgan fingerprint density at radius 3 is 2.45 bits per heavy atom. The van der Waals surface area contributed by atoms with E-state index < -0.39 is 11.5 Å². The minimum Gasteiger partial charge on any atom is -0.480 e. The summed E-state index contributed by atoms with van der Waals surface area (Å²) in [6.07, 6.45) is 10.6. The van der Waals surface area contributed by atoms with Crippen LogP contribution in [-0.4, -0.2) is 48.2 Å². The summed E-state index contributed by atoms with van der Waals surface area (Å²) in [5.41, 5.74) is -0.664. The maximum absolute atomic E-state index is 11.6. The van der Waals surface area contributed by atoms with Crippen molar-refractivity contribution in [2.45, 2.75) is 63.3 Å². The summed E-state index contributed by atoms with van der Waals surface area (Å²) in [4.78, 5) is 14.2. The van der Waals surface area contributed by atoms with Crippen molar-refractivity contribution >= 4 is 5.97 Å². The van der Waals surface area contributed by atoms with Crippen molar-refractivity contribution in [1.29, 1.82) is 0 Å². The smallest absolute Gasteiger partial charge is 0.324 e. The minimum atomic E-state index is -0.664. The van der Waals surface area contributed by atoms with Crippen LogP contribution in [0, 0.1) is 5.92 Å². The van der Waals surface area contributed by atoms with Gasteiger partial charge in [0.15, 0.2) is 0 Å². The summed E-state index contributed by atoms with van der Waals surface area (Å²) < 4.78 is 0. The zero-order valence-electron chi connectivity index (χ0n) is 12.9. The highest BCUT2D eigenvalue weighted by molar-refractivity contribution is 5.79. The molecule has 0 amide bonds. The molecule has 0 aromatic carbocycles. The van der Waals surface area contributed by atoms with E-state index in [0.29, 0.717) is 0 Å². The molecule has 0 bridgehead atoms. The normalized spacial score (nSPS) is 32.8. The summed E-state index contributed by atoms with van der Waals surface area (Å²) in [5.74, 6) is -0.370. The molecule has 1 aliphatic carbocycles. The summed E-state index contributed by atoms with van der Waals surface area (Å²) in [5, 5.41) is 12.7. The fourth-order valence-electron chi connectivity index (χ4n) is 4.06. The monoisotopic (exact) mass is 282 g/mol. The van der Waals surface area contributed by atoms with E-state index in [4.69, 9.17) is 0 Å². The Labute approximate surface area is 122 Å². The number of hydrogen-bond donors (Lipinski definition) is 2. The molecule has 2 unspecified atom stereocenters. The number of nitrogens with zero attached hydrogens (tertiary/aromatic N) is 1. The number of carbonyl (C=O) groups is 1. The topological polar surface area (TPSA) is 52.6 Å². The number of aliphatic carboxylic acids is 1. The molecule has 2 fully saturated rings. The largest absolute Gasteiger partial charge is 0.480 e. The van der Waals surface area contributed by atoms with Gasteiger partial charge in [-0.2, -0.15) is 0 Å². The SMILES string of the molecule is CNC1(C(=O)O)CCCC1CCN1CCCCCCC1. The van der Waals surface area contributed by atoms with Crippen LogP contribution in [-0.2, 0) is 4.79 Å². The lowest BCUT2D eigenvalue weighted by atomic mass is 9.84. The zero-order valence-corrected chi connectivity index (χ0v) is 12.9. The molecule has 4 heteroatoms. The fourth-order valence-corrected chi connectivity index (χ4v) is 4.06. The van der Waals surface area contributed by atoms with Crippen LogP contribution in [0.1, 0.15) is 57.8 Å². The van der Waals surface area contributed by atoms with Crippen molar-refractivity contribution in [3.63, 3.8) is 0 Å². The number of likely N-dealkylation sites (N-methyl/N-ethyl adjacent to an activating group) is 1. The Balaban J connectivity index is 1.86. The van der Waals surface area contributed by atoms with Crippen LogP contribution in [0.3, 0.4) is 0 Å². The number of hydrogen-bond acceptors (Lipinski definition) is 3. The van der Waals surface area contributed by atoms with Gasteiger partial charge < -0.3 is 15.3 Å². The number of rotatable bonds is 5. The van der Waals surface area contributed by atoms with Crippen molar-refractivity contribution < 1.29 is 9.90 Å². The second kappa shape index (κ2) is 7.41. The lowest BCUT2D eigenvalue weighted by Gasteiger charge is -2.33. The molecule has 20 heavy (non-hydrogen) atoms. The van der Waals surface area contributed by atoms with E-state index >= 15 is 0 Å². The van der Waals surface area contributed by atoms with Gasteiger partial charge in [0, 0.05) is 0 Å². The summed E-state index contributed by atoms with van der Waals surface area (Å²) >= 11 is 0. The van der Waals surface area contributed by atoms with Gasteiger partial charge in [-0.3, -0.25) is 4.79 Å². The summed E-state index contributed by atoms with van der Waals surface area (Å²) in [7, 11) is 1.81. The Morgan fingerprint density at radius 1 is 1.20 bits per heavy atom. The summed E-state index contributed by atoms with van der Waals surface area (Å²) in [6, 6.07) is 0. The van der Waals surface area contributed by atoms with E-state index in [0.717, 1.165) is 32.2 Å². The van der Waals surface area contributed by atoms with E-state index in [9.17, 15) is 9.90 Å². The fraction of sp³-hybridized carbons (Fsp3) is 0.938. The van der Waals surface area contributed by atoms with Gasteiger partial charge in [-0.1, -0.05) is 25.7 Å². The zero-order chi connectivity index (χ0) is 14.4. The standard InChI is InChI=1S/C16H30N2O2/c1-17-16(15(19)20)10-7-8-14(16)9-13-18-11-5-3-2-4-6-12-18/h14,17H,2-13H2,1H3,(H,19,20). The van der Waals surface area contributed by atoms with E-state index in [1.165, 1.54) is 45.2 Å². The van der Waals surface area contributed by atoms with Gasteiger partial charge in [-0.25, -0.2) is 0 Å². The molecule has 1 heterocycles. The van der Waals surface area contributed by atoms with Crippen LogP contribution in [0.4, 0.5) is 0 Å². The first-order chi connectivity index (χ1) is 9.69. The average Bonchev–Trinajstić information content (AvgIpc) is 2.81. The molecule has 0 spiro atoms. The van der Waals surface area contributed by atoms with Crippen LogP contribution in [0.2, 0.25) is 0 Å². The second-order valence-corrected chi connectivity index (χ2v) is 6.51. The molecular weight excluding hydrogens is 252 g/mol. The number of nitrogens with one attached hydrogen (secondary N) is 1. The van der Waals surface area contributed by atoms with Gasteiger partial charge in [0.25, 0.3) is 0 Å². The molecule has 1 saturated heterocycles. The third kappa shape index (κ3) is 3.53. The van der Waals surface area contributed by atoms with Crippen LogP contribution >= 0.6 is 0 Å². The van der Waals surface area contributed by atoms with Gasteiger partial charge in [-0.05, 0) is 64.7 Å².